The van der Waals surface area contributed by atoms with Gasteiger partial charge in [-0.05, 0) is 43.7 Å². The van der Waals surface area contributed by atoms with E-state index in [2.05, 4.69) is 12.2 Å². The SMILES string of the molecule is CCc1ccc(C(C)Nc2ccc(Cl)cc2C(F)(F)F)s1. The van der Waals surface area contributed by atoms with Crippen LogP contribution < -0.4 is 5.32 Å². The molecule has 0 amide bonds. The average molecular weight is 334 g/mol. The maximum absolute atomic E-state index is 13.0. The van der Waals surface area contributed by atoms with Crippen LogP contribution in [0.15, 0.2) is 30.3 Å². The molecule has 0 saturated carbocycles. The molecule has 6 heteroatoms. The van der Waals surface area contributed by atoms with Crippen LogP contribution in [0, 0.1) is 0 Å². The van der Waals surface area contributed by atoms with E-state index in [-0.39, 0.29) is 16.8 Å². The molecule has 21 heavy (non-hydrogen) atoms. The first-order valence-corrected chi connectivity index (χ1v) is 7.72. The lowest BCUT2D eigenvalue weighted by Crippen LogP contribution is -2.13. The molecule has 2 aromatic rings. The zero-order chi connectivity index (χ0) is 15.6. The minimum absolute atomic E-state index is 0.0471. The lowest BCUT2D eigenvalue weighted by Gasteiger charge is -2.19. The lowest BCUT2D eigenvalue weighted by atomic mass is 10.1. The third kappa shape index (κ3) is 3.92. The average Bonchev–Trinajstić information content (AvgIpc) is 2.88. The molecule has 2 rings (SSSR count). The Morgan fingerprint density at radius 3 is 2.52 bits per heavy atom. The Morgan fingerprint density at radius 2 is 1.95 bits per heavy atom. The third-order valence-corrected chi connectivity index (χ3v) is 4.76. The van der Waals surface area contributed by atoms with Gasteiger partial charge >= 0.3 is 6.18 Å². The Kier molecular flexibility index (Phi) is 4.84. The van der Waals surface area contributed by atoms with Gasteiger partial charge in [0, 0.05) is 20.5 Å². The molecular formula is C15H15ClF3NS. The smallest absolute Gasteiger partial charge is 0.377 e. The van der Waals surface area contributed by atoms with Gasteiger partial charge in [-0.2, -0.15) is 13.2 Å². The van der Waals surface area contributed by atoms with E-state index in [9.17, 15) is 13.2 Å². The molecule has 0 aliphatic carbocycles. The summed E-state index contributed by atoms with van der Waals surface area (Å²) in [6.07, 6.45) is -3.51. The van der Waals surface area contributed by atoms with Crippen molar-refractivity contribution in [3.8, 4) is 0 Å². The third-order valence-electron chi connectivity index (χ3n) is 3.12. The molecule has 1 aromatic carbocycles. The molecule has 0 saturated heterocycles. The van der Waals surface area contributed by atoms with Crippen molar-refractivity contribution in [3.05, 3.63) is 50.7 Å². The van der Waals surface area contributed by atoms with Crippen molar-refractivity contribution in [2.24, 2.45) is 0 Å². The first-order valence-electron chi connectivity index (χ1n) is 6.53. The number of alkyl halides is 3. The van der Waals surface area contributed by atoms with Crippen LogP contribution in [0.5, 0.6) is 0 Å². The number of rotatable bonds is 4. The van der Waals surface area contributed by atoms with E-state index in [1.807, 2.05) is 19.1 Å². The van der Waals surface area contributed by atoms with Gasteiger partial charge in [-0.15, -0.1) is 11.3 Å². The highest BCUT2D eigenvalue weighted by Gasteiger charge is 2.34. The molecule has 0 aliphatic heterocycles. The molecule has 1 unspecified atom stereocenters. The topological polar surface area (TPSA) is 12.0 Å². The summed E-state index contributed by atoms with van der Waals surface area (Å²) >= 11 is 7.28. The van der Waals surface area contributed by atoms with Crippen LogP contribution in [0.4, 0.5) is 18.9 Å². The molecule has 114 valence electrons. The second-order valence-corrected chi connectivity index (χ2v) is 6.35. The van der Waals surface area contributed by atoms with Crippen LogP contribution in [-0.2, 0) is 12.6 Å². The highest BCUT2D eigenvalue weighted by molar-refractivity contribution is 7.12. The molecule has 1 aromatic heterocycles. The predicted molar refractivity (Wildman–Crippen MR) is 82.2 cm³/mol. The molecule has 1 atom stereocenters. The molecule has 0 spiro atoms. The van der Waals surface area contributed by atoms with Crippen molar-refractivity contribution in [1.29, 1.82) is 0 Å². The zero-order valence-corrected chi connectivity index (χ0v) is 13.2. The van der Waals surface area contributed by atoms with E-state index in [4.69, 9.17) is 11.6 Å². The number of hydrogen-bond acceptors (Lipinski definition) is 2. The van der Waals surface area contributed by atoms with Gasteiger partial charge < -0.3 is 5.32 Å². The van der Waals surface area contributed by atoms with Gasteiger partial charge in [-0.25, -0.2) is 0 Å². The second kappa shape index (κ2) is 6.28. The van der Waals surface area contributed by atoms with Gasteiger partial charge in [-0.3, -0.25) is 0 Å². The Bertz CT molecular complexity index is 622. The number of halogens is 4. The second-order valence-electron chi connectivity index (χ2n) is 4.71. The Balaban J connectivity index is 2.26. The summed E-state index contributed by atoms with van der Waals surface area (Å²) in [5, 5.41) is 3.00. The van der Waals surface area contributed by atoms with Crippen molar-refractivity contribution < 1.29 is 13.2 Å². The molecule has 1 heterocycles. The lowest BCUT2D eigenvalue weighted by molar-refractivity contribution is -0.137. The predicted octanol–water partition coefficient (Wildman–Crippen LogP) is 6.16. The van der Waals surface area contributed by atoms with Crippen LogP contribution in [0.25, 0.3) is 0 Å². The first kappa shape index (κ1) is 16.2. The Hall–Kier alpha value is -1.20. The fourth-order valence-electron chi connectivity index (χ4n) is 2.00. The molecule has 0 bridgehead atoms. The van der Waals surface area contributed by atoms with Crippen molar-refractivity contribution >= 4 is 28.6 Å². The molecular weight excluding hydrogens is 319 g/mol. The monoisotopic (exact) mass is 333 g/mol. The molecule has 1 nitrogen and oxygen atoms in total. The van der Waals surface area contributed by atoms with Gasteiger partial charge in [0.15, 0.2) is 0 Å². The Labute approximate surface area is 130 Å². The largest absolute Gasteiger partial charge is 0.418 e. The van der Waals surface area contributed by atoms with Gasteiger partial charge in [-0.1, -0.05) is 18.5 Å². The summed E-state index contributed by atoms with van der Waals surface area (Å²) in [6, 6.07) is 7.53. The van der Waals surface area contributed by atoms with E-state index >= 15 is 0 Å². The Morgan fingerprint density at radius 1 is 1.24 bits per heavy atom. The minimum atomic E-state index is -4.43. The first-order chi connectivity index (χ1) is 9.81. The summed E-state index contributed by atoms with van der Waals surface area (Å²) in [7, 11) is 0. The van der Waals surface area contributed by atoms with E-state index in [0.717, 1.165) is 17.4 Å². The molecule has 0 fully saturated rings. The van der Waals surface area contributed by atoms with Gasteiger partial charge in [0.05, 0.1) is 11.6 Å². The van der Waals surface area contributed by atoms with E-state index in [1.54, 1.807) is 11.3 Å². The minimum Gasteiger partial charge on any atom is -0.377 e. The number of anilines is 1. The summed E-state index contributed by atoms with van der Waals surface area (Å²) in [5.41, 5.74) is -0.694. The highest BCUT2D eigenvalue weighted by Crippen LogP contribution is 2.38. The van der Waals surface area contributed by atoms with Crippen LogP contribution in [0.1, 0.15) is 35.2 Å². The van der Waals surface area contributed by atoms with Crippen molar-refractivity contribution in [3.63, 3.8) is 0 Å². The maximum Gasteiger partial charge on any atom is 0.418 e. The number of aryl methyl sites for hydroxylation is 1. The van der Waals surface area contributed by atoms with E-state index in [0.29, 0.717) is 0 Å². The van der Waals surface area contributed by atoms with Gasteiger partial charge in [0.2, 0.25) is 0 Å². The normalized spacial score (nSPS) is 13.2. The maximum atomic E-state index is 13.0. The van der Waals surface area contributed by atoms with Crippen LogP contribution in [-0.4, -0.2) is 0 Å². The summed E-state index contributed by atoms with van der Waals surface area (Å²) in [4.78, 5) is 2.22. The van der Waals surface area contributed by atoms with Crippen LogP contribution in [0.3, 0.4) is 0 Å². The molecule has 0 aliphatic rings. The van der Waals surface area contributed by atoms with E-state index in [1.165, 1.54) is 17.0 Å². The number of hydrogen-bond donors (Lipinski definition) is 1. The van der Waals surface area contributed by atoms with Crippen LogP contribution in [0.2, 0.25) is 5.02 Å². The fraction of sp³-hybridized carbons (Fsp3) is 0.333. The molecule has 0 radical (unpaired) electrons. The number of nitrogens with one attached hydrogen (secondary N) is 1. The standard InChI is InChI=1S/C15H15ClF3NS/c1-3-11-5-7-14(21-11)9(2)20-13-6-4-10(16)8-12(13)15(17,18)19/h4-9,20H,3H2,1-2H3. The van der Waals surface area contributed by atoms with Crippen molar-refractivity contribution in [1.82, 2.24) is 0 Å². The van der Waals surface area contributed by atoms with Gasteiger partial charge in [0.1, 0.15) is 0 Å². The zero-order valence-electron chi connectivity index (χ0n) is 11.6. The quantitative estimate of drug-likeness (QED) is 0.707. The summed E-state index contributed by atoms with van der Waals surface area (Å²) in [5.74, 6) is 0. The van der Waals surface area contributed by atoms with E-state index < -0.39 is 11.7 Å². The fourth-order valence-corrected chi connectivity index (χ4v) is 3.13. The van der Waals surface area contributed by atoms with Crippen molar-refractivity contribution in [2.45, 2.75) is 32.5 Å². The summed E-state index contributed by atoms with van der Waals surface area (Å²) in [6.45, 7) is 3.90. The van der Waals surface area contributed by atoms with Crippen molar-refractivity contribution in [2.75, 3.05) is 5.32 Å². The highest BCUT2D eigenvalue weighted by atomic mass is 35.5. The summed E-state index contributed by atoms with van der Waals surface area (Å²) < 4.78 is 39.1. The number of thiophene rings is 1. The molecule has 1 N–H and O–H groups in total. The number of benzene rings is 1. The van der Waals surface area contributed by atoms with Crippen LogP contribution >= 0.6 is 22.9 Å². The van der Waals surface area contributed by atoms with Gasteiger partial charge in [0.25, 0.3) is 0 Å².